The number of nitrogens with one attached hydrogen (secondary N) is 1. The van der Waals surface area contributed by atoms with Crippen LogP contribution in [0.2, 0.25) is 0 Å². The Bertz CT molecular complexity index is 1220. The number of ether oxygens (including phenoxy) is 2. The van der Waals surface area contributed by atoms with Crippen molar-refractivity contribution in [2.75, 3.05) is 11.9 Å². The Labute approximate surface area is 191 Å². The van der Waals surface area contributed by atoms with E-state index in [0.717, 1.165) is 19.3 Å². The molecule has 1 aliphatic heterocycles. The van der Waals surface area contributed by atoms with Crippen molar-refractivity contribution in [3.05, 3.63) is 64.8 Å². The van der Waals surface area contributed by atoms with Gasteiger partial charge >= 0.3 is 5.97 Å². The molecular formula is C25H26N2O6. The second kappa shape index (κ2) is 9.56. The molecule has 1 amide bonds. The third-order valence-electron chi connectivity index (χ3n) is 5.82. The van der Waals surface area contributed by atoms with Crippen LogP contribution in [0.1, 0.15) is 62.8 Å². The molecule has 1 atom stereocenters. The highest BCUT2D eigenvalue weighted by Gasteiger charge is 2.20. The van der Waals surface area contributed by atoms with Crippen LogP contribution < -0.4 is 5.32 Å². The van der Waals surface area contributed by atoms with Gasteiger partial charge in [0.25, 0.3) is 5.91 Å². The lowest BCUT2D eigenvalue weighted by Crippen LogP contribution is -2.22. The molecular weight excluding hydrogens is 424 g/mol. The zero-order valence-corrected chi connectivity index (χ0v) is 18.6. The minimum absolute atomic E-state index is 0.0853. The fraction of sp³-hybridized carbons (Fsp3) is 0.320. The SMILES string of the molecule is CC(=O)n1cc(C(=O)Nc2cc(COC3CCCCO3)cc(C(=O)O)c2C)c2ccccc21. The number of para-hydroxylation sites is 1. The number of carboxylic acids is 1. The van der Waals surface area contributed by atoms with Crippen molar-refractivity contribution in [3.8, 4) is 0 Å². The van der Waals surface area contributed by atoms with E-state index in [1.54, 1.807) is 43.3 Å². The summed E-state index contributed by atoms with van der Waals surface area (Å²) in [5.74, 6) is -1.73. The number of hydrogen-bond donors (Lipinski definition) is 2. The van der Waals surface area contributed by atoms with E-state index in [2.05, 4.69) is 5.32 Å². The zero-order chi connectivity index (χ0) is 23.5. The Hall–Kier alpha value is -3.49. The van der Waals surface area contributed by atoms with Crippen LogP contribution >= 0.6 is 0 Å². The van der Waals surface area contributed by atoms with Crippen molar-refractivity contribution >= 4 is 34.4 Å². The summed E-state index contributed by atoms with van der Waals surface area (Å²) in [5.41, 5.74) is 2.48. The van der Waals surface area contributed by atoms with Crippen LogP contribution in [0.15, 0.2) is 42.6 Å². The third kappa shape index (κ3) is 4.81. The first-order valence-corrected chi connectivity index (χ1v) is 10.9. The average molecular weight is 450 g/mol. The zero-order valence-electron chi connectivity index (χ0n) is 18.6. The molecule has 0 saturated carbocycles. The van der Waals surface area contributed by atoms with E-state index in [1.807, 2.05) is 0 Å². The van der Waals surface area contributed by atoms with Gasteiger partial charge in [0.1, 0.15) is 0 Å². The van der Waals surface area contributed by atoms with Crippen molar-refractivity contribution < 1.29 is 29.0 Å². The average Bonchev–Trinajstić information content (AvgIpc) is 3.20. The molecule has 4 rings (SSSR count). The molecule has 2 heterocycles. The molecule has 8 nitrogen and oxygen atoms in total. The van der Waals surface area contributed by atoms with Gasteiger partial charge < -0.3 is 19.9 Å². The summed E-state index contributed by atoms with van der Waals surface area (Å²) in [5, 5.41) is 13.1. The summed E-state index contributed by atoms with van der Waals surface area (Å²) in [6.07, 6.45) is 4.01. The second-order valence-corrected chi connectivity index (χ2v) is 8.13. The van der Waals surface area contributed by atoms with Crippen LogP contribution in [0.3, 0.4) is 0 Å². The molecule has 0 bridgehead atoms. The number of fused-ring (bicyclic) bond motifs is 1. The lowest BCUT2D eigenvalue weighted by atomic mass is 10.0. The van der Waals surface area contributed by atoms with E-state index < -0.39 is 11.9 Å². The Morgan fingerprint density at radius 1 is 1.18 bits per heavy atom. The molecule has 1 saturated heterocycles. The lowest BCUT2D eigenvalue weighted by Gasteiger charge is -2.23. The molecule has 0 spiro atoms. The first kappa shape index (κ1) is 22.7. The molecule has 1 unspecified atom stereocenters. The van der Waals surface area contributed by atoms with E-state index in [0.29, 0.717) is 39.9 Å². The molecule has 0 aliphatic carbocycles. The third-order valence-corrected chi connectivity index (χ3v) is 5.82. The van der Waals surface area contributed by atoms with E-state index in [4.69, 9.17) is 9.47 Å². The van der Waals surface area contributed by atoms with Gasteiger partial charge in [0.15, 0.2) is 6.29 Å². The highest BCUT2D eigenvalue weighted by Crippen LogP contribution is 2.27. The van der Waals surface area contributed by atoms with Gasteiger partial charge in [0.2, 0.25) is 5.91 Å². The van der Waals surface area contributed by atoms with Crippen LogP contribution in [0.5, 0.6) is 0 Å². The monoisotopic (exact) mass is 450 g/mol. The van der Waals surface area contributed by atoms with Gasteiger partial charge in [0, 0.05) is 30.8 Å². The fourth-order valence-corrected chi connectivity index (χ4v) is 4.05. The maximum Gasteiger partial charge on any atom is 0.336 e. The van der Waals surface area contributed by atoms with Gasteiger partial charge in [0.05, 0.1) is 23.3 Å². The normalized spacial score (nSPS) is 16.0. The van der Waals surface area contributed by atoms with Crippen molar-refractivity contribution in [1.82, 2.24) is 4.57 Å². The fourth-order valence-electron chi connectivity index (χ4n) is 4.05. The van der Waals surface area contributed by atoms with E-state index in [9.17, 15) is 19.5 Å². The number of carboxylic acid groups (broad SMARTS) is 1. The maximum absolute atomic E-state index is 13.2. The number of hydrogen-bond acceptors (Lipinski definition) is 5. The number of nitrogens with zero attached hydrogens (tertiary/aromatic N) is 1. The molecule has 33 heavy (non-hydrogen) atoms. The van der Waals surface area contributed by atoms with Crippen LogP contribution in [-0.4, -0.2) is 40.4 Å². The van der Waals surface area contributed by atoms with Crippen LogP contribution in [-0.2, 0) is 16.1 Å². The quantitative estimate of drug-likeness (QED) is 0.568. The second-order valence-electron chi connectivity index (χ2n) is 8.13. The Morgan fingerprint density at radius 3 is 2.67 bits per heavy atom. The topological polar surface area (TPSA) is 107 Å². The van der Waals surface area contributed by atoms with Crippen molar-refractivity contribution in [3.63, 3.8) is 0 Å². The molecule has 3 aromatic rings. The predicted molar refractivity (Wildman–Crippen MR) is 123 cm³/mol. The summed E-state index contributed by atoms with van der Waals surface area (Å²) in [7, 11) is 0. The number of benzene rings is 2. The largest absolute Gasteiger partial charge is 0.478 e. The number of rotatable bonds is 6. The first-order chi connectivity index (χ1) is 15.8. The van der Waals surface area contributed by atoms with E-state index in [-0.39, 0.29) is 24.4 Å². The Morgan fingerprint density at radius 2 is 1.97 bits per heavy atom. The predicted octanol–water partition coefficient (Wildman–Crippen LogP) is 4.60. The minimum atomic E-state index is -1.09. The summed E-state index contributed by atoms with van der Waals surface area (Å²) in [6.45, 7) is 3.88. The van der Waals surface area contributed by atoms with Crippen molar-refractivity contribution in [2.24, 2.45) is 0 Å². The molecule has 2 aromatic carbocycles. The van der Waals surface area contributed by atoms with Gasteiger partial charge in [-0.25, -0.2) is 4.79 Å². The number of aromatic nitrogens is 1. The standard InChI is InChI=1S/C25H26N2O6/c1-15-19(25(30)31)11-17(14-33-23-9-5-6-10-32-23)12-21(15)26-24(29)20-13-27(16(2)28)22-8-4-3-7-18(20)22/h3-4,7-8,11-13,23H,5-6,9-10,14H2,1-2H3,(H,26,29)(H,30,31). The highest BCUT2D eigenvalue weighted by atomic mass is 16.7. The maximum atomic E-state index is 13.2. The van der Waals surface area contributed by atoms with Gasteiger partial charge in [-0.2, -0.15) is 0 Å². The highest BCUT2D eigenvalue weighted by molar-refractivity contribution is 6.14. The van der Waals surface area contributed by atoms with Crippen molar-refractivity contribution in [1.29, 1.82) is 0 Å². The molecule has 1 fully saturated rings. The van der Waals surface area contributed by atoms with E-state index >= 15 is 0 Å². The number of amides is 1. The molecule has 8 heteroatoms. The van der Waals surface area contributed by atoms with Crippen LogP contribution in [0.25, 0.3) is 10.9 Å². The lowest BCUT2D eigenvalue weighted by molar-refractivity contribution is -0.168. The molecule has 2 N–H and O–H groups in total. The number of aromatic carboxylic acids is 1. The Kier molecular flexibility index (Phi) is 6.57. The van der Waals surface area contributed by atoms with Crippen LogP contribution in [0, 0.1) is 6.92 Å². The molecule has 1 aromatic heterocycles. The minimum Gasteiger partial charge on any atom is -0.478 e. The van der Waals surface area contributed by atoms with E-state index in [1.165, 1.54) is 17.7 Å². The molecule has 0 radical (unpaired) electrons. The van der Waals surface area contributed by atoms with Crippen molar-refractivity contribution in [2.45, 2.75) is 46.0 Å². The van der Waals surface area contributed by atoms with Gasteiger partial charge in [-0.3, -0.25) is 14.2 Å². The number of carbonyl (C=O) groups excluding carboxylic acids is 2. The van der Waals surface area contributed by atoms with Gasteiger partial charge in [-0.15, -0.1) is 0 Å². The van der Waals surface area contributed by atoms with Crippen LogP contribution in [0.4, 0.5) is 5.69 Å². The Balaban J connectivity index is 1.63. The smallest absolute Gasteiger partial charge is 0.336 e. The number of anilines is 1. The first-order valence-electron chi connectivity index (χ1n) is 10.9. The summed E-state index contributed by atoms with van der Waals surface area (Å²) in [4.78, 5) is 37.0. The number of carbonyl (C=O) groups is 3. The van der Waals surface area contributed by atoms with Gasteiger partial charge in [-0.05, 0) is 55.5 Å². The molecule has 172 valence electrons. The molecule has 1 aliphatic rings. The summed E-state index contributed by atoms with van der Waals surface area (Å²) in [6, 6.07) is 10.4. The van der Waals surface area contributed by atoms with Gasteiger partial charge in [-0.1, -0.05) is 18.2 Å². The summed E-state index contributed by atoms with van der Waals surface area (Å²) < 4.78 is 12.8. The summed E-state index contributed by atoms with van der Waals surface area (Å²) >= 11 is 0.